The second-order valence-corrected chi connectivity index (χ2v) is 3.61. The fourth-order valence-corrected chi connectivity index (χ4v) is 1.70. The van der Waals surface area contributed by atoms with Crippen LogP contribution in [0.25, 0.3) is 10.4 Å². The molecule has 0 heterocycles. The summed E-state index contributed by atoms with van der Waals surface area (Å²) in [6.45, 7) is 0.0799. The molecule has 0 amide bonds. The minimum absolute atomic E-state index is 0.0799. The molecule has 13 heavy (non-hydrogen) atoms. The highest BCUT2D eigenvalue weighted by Gasteiger charge is 2.08. The number of benzene rings is 1. The topological polar surface area (TPSA) is 69.0 Å². The van der Waals surface area contributed by atoms with Crippen LogP contribution >= 0.6 is 22.6 Å². The maximum absolute atomic E-state index is 9.56. The summed E-state index contributed by atoms with van der Waals surface area (Å²) in [6, 6.07) is 7.46. The predicted molar refractivity (Wildman–Crippen MR) is 58.1 cm³/mol. The molecule has 1 aromatic carbocycles. The number of rotatable bonds is 3. The molecule has 0 aromatic heterocycles. The molecule has 0 bridgehead atoms. The van der Waals surface area contributed by atoms with E-state index in [1.807, 2.05) is 24.3 Å². The minimum Gasteiger partial charge on any atom is -0.388 e. The van der Waals surface area contributed by atoms with Crippen molar-refractivity contribution in [1.29, 1.82) is 0 Å². The maximum atomic E-state index is 9.56. The number of hydrogen-bond acceptors (Lipinski definition) is 2. The number of nitrogens with zero attached hydrogens (tertiary/aromatic N) is 3. The highest BCUT2D eigenvalue weighted by Crippen LogP contribution is 2.19. The van der Waals surface area contributed by atoms with Gasteiger partial charge in [0.25, 0.3) is 0 Å². The quantitative estimate of drug-likeness (QED) is 0.395. The number of azide groups is 1. The monoisotopic (exact) mass is 289 g/mol. The Labute approximate surface area is 89.4 Å². The Bertz CT molecular complexity index is 336. The molecule has 5 heteroatoms. The predicted octanol–water partition coefficient (Wildman–Crippen LogP) is 2.63. The molecule has 1 rings (SSSR count). The van der Waals surface area contributed by atoms with E-state index in [0.29, 0.717) is 0 Å². The van der Waals surface area contributed by atoms with Crippen molar-refractivity contribution >= 4 is 22.6 Å². The summed E-state index contributed by atoms with van der Waals surface area (Å²) in [4.78, 5) is 2.59. The van der Waals surface area contributed by atoms with Gasteiger partial charge in [-0.05, 0) is 39.8 Å². The van der Waals surface area contributed by atoms with Gasteiger partial charge in [-0.15, -0.1) is 0 Å². The molecular formula is C8H8IN3O. The van der Waals surface area contributed by atoms with E-state index in [1.54, 1.807) is 0 Å². The van der Waals surface area contributed by atoms with E-state index in [2.05, 4.69) is 32.6 Å². The van der Waals surface area contributed by atoms with Crippen LogP contribution in [-0.2, 0) is 0 Å². The highest BCUT2D eigenvalue weighted by molar-refractivity contribution is 14.1. The lowest BCUT2D eigenvalue weighted by Crippen LogP contribution is -2.02. The Kier molecular flexibility index (Phi) is 4.01. The lowest BCUT2D eigenvalue weighted by Gasteiger charge is -2.08. The lowest BCUT2D eigenvalue weighted by atomic mass is 10.1. The van der Waals surface area contributed by atoms with E-state index < -0.39 is 6.10 Å². The molecule has 68 valence electrons. The first-order valence-electron chi connectivity index (χ1n) is 3.69. The van der Waals surface area contributed by atoms with Crippen molar-refractivity contribution < 1.29 is 5.11 Å². The van der Waals surface area contributed by atoms with Crippen LogP contribution in [0, 0.1) is 3.57 Å². The third kappa shape index (κ3) is 2.87. The summed E-state index contributed by atoms with van der Waals surface area (Å²) in [7, 11) is 0. The molecule has 1 aromatic rings. The van der Waals surface area contributed by atoms with Crippen molar-refractivity contribution in [2.45, 2.75) is 6.10 Å². The average Bonchev–Trinajstić information content (AvgIpc) is 2.15. The molecule has 0 fully saturated rings. The zero-order valence-electron chi connectivity index (χ0n) is 6.76. The summed E-state index contributed by atoms with van der Waals surface area (Å²) >= 11 is 2.13. The van der Waals surface area contributed by atoms with Crippen LogP contribution < -0.4 is 0 Å². The average molecular weight is 289 g/mol. The summed E-state index contributed by atoms with van der Waals surface area (Å²) in [5, 5.41) is 12.9. The van der Waals surface area contributed by atoms with E-state index in [-0.39, 0.29) is 6.54 Å². The Hall–Kier alpha value is -0.780. The van der Waals surface area contributed by atoms with E-state index in [1.165, 1.54) is 0 Å². The molecule has 0 aliphatic rings. The van der Waals surface area contributed by atoms with Gasteiger partial charge in [0.2, 0.25) is 0 Å². The van der Waals surface area contributed by atoms with Gasteiger partial charge in [0.1, 0.15) is 0 Å². The van der Waals surface area contributed by atoms with Crippen molar-refractivity contribution in [3.05, 3.63) is 43.8 Å². The molecule has 0 aliphatic carbocycles. The first-order chi connectivity index (χ1) is 6.25. The summed E-state index contributed by atoms with van der Waals surface area (Å²) in [5.41, 5.74) is 8.88. The Morgan fingerprint density at radius 1 is 1.54 bits per heavy atom. The van der Waals surface area contributed by atoms with Gasteiger partial charge in [0, 0.05) is 8.48 Å². The van der Waals surface area contributed by atoms with Crippen molar-refractivity contribution in [1.82, 2.24) is 0 Å². The van der Waals surface area contributed by atoms with Gasteiger partial charge in [-0.2, -0.15) is 0 Å². The Morgan fingerprint density at radius 2 is 2.23 bits per heavy atom. The number of aliphatic hydroxyl groups excluding tert-OH is 1. The van der Waals surface area contributed by atoms with Crippen LogP contribution in [0.15, 0.2) is 29.4 Å². The van der Waals surface area contributed by atoms with Gasteiger partial charge in [0.05, 0.1) is 12.6 Å². The van der Waals surface area contributed by atoms with Crippen molar-refractivity contribution in [2.75, 3.05) is 6.54 Å². The van der Waals surface area contributed by atoms with Crippen LogP contribution in [0.1, 0.15) is 11.7 Å². The van der Waals surface area contributed by atoms with Crippen LogP contribution in [0.3, 0.4) is 0 Å². The third-order valence-corrected chi connectivity index (χ3v) is 2.56. The number of hydrogen-bond donors (Lipinski definition) is 1. The summed E-state index contributed by atoms with van der Waals surface area (Å²) in [5.74, 6) is 0. The van der Waals surface area contributed by atoms with Gasteiger partial charge >= 0.3 is 0 Å². The van der Waals surface area contributed by atoms with Gasteiger partial charge in [-0.1, -0.05) is 23.3 Å². The largest absolute Gasteiger partial charge is 0.388 e. The second-order valence-electron chi connectivity index (χ2n) is 2.45. The third-order valence-electron chi connectivity index (χ3n) is 1.58. The molecule has 0 saturated carbocycles. The molecule has 0 saturated heterocycles. The number of aliphatic hydroxyl groups is 1. The van der Waals surface area contributed by atoms with Crippen LogP contribution in [0.2, 0.25) is 0 Å². The van der Waals surface area contributed by atoms with Gasteiger partial charge in [-0.25, -0.2) is 0 Å². The van der Waals surface area contributed by atoms with Crippen molar-refractivity contribution in [3.63, 3.8) is 0 Å². The first-order valence-corrected chi connectivity index (χ1v) is 4.77. The minimum atomic E-state index is -0.705. The van der Waals surface area contributed by atoms with Crippen LogP contribution in [-0.4, -0.2) is 11.7 Å². The normalized spacial score (nSPS) is 11.8. The first kappa shape index (κ1) is 10.3. The standard InChI is InChI=1S/C8H8IN3O/c9-7-4-2-1-3-6(7)8(13)5-11-12-10/h1-4,8,13H,5H2/t8-/m1/s1. The molecule has 0 aliphatic heterocycles. The van der Waals surface area contributed by atoms with Crippen LogP contribution in [0.4, 0.5) is 0 Å². The molecule has 4 nitrogen and oxygen atoms in total. The van der Waals surface area contributed by atoms with Crippen molar-refractivity contribution in [3.8, 4) is 0 Å². The van der Waals surface area contributed by atoms with E-state index >= 15 is 0 Å². The molecule has 0 radical (unpaired) electrons. The molecular weight excluding hydrogens is 281 g/mol. The smallest absolute Gasteiger partial charge is 0.0856 e. The SMILES string of the molecule is [N-]=[N+]=NC[C@@H](O)c1ccccc1I. The lowest BCUT2D eigenvalue weighted by molar-refractivity contribution is 0.186. The molecule has 0 unspecified atom stereocenters. The molecule has 1 atom stereocenters. The van der Waals surface area contributed by atoms with E-state index in [9.17, 15) is 5.11 Å². The second kappa shape index (κ2) is 5.06. The zero-order valence-corrected chi connectivity index (χ0v) is 8.92. The molecule has 0 spiro atoms. The maximum Gasteiger partial charge on any atom is 0.0856 e. The summed E-state index contributed by atoms with van der Waals surface area (Å²) < 4.78 is 0.973. The van der Waals surface area contributed by atoms with Gasteiger partial charge in [-0.3, -0.25) is 0 Å². The Balaban J connectivity index is 2.81. The Morgan fingerprint density at radius 3 is 2.85 bits per heavy atom. The number of halogens is 1. The van der Waals surface area contributed by atoms with Gasteiger partial charge in [0.15, 0.2) is 0 Å². The fourth-order valence-electron chi connectivity index (χ4n) is 0.958. The fraction of sp³-hybridized carbons (Fsp3) is 0.250. The van der Waals surface area contributed by atoms with E-state index in [0.717, 1.165) is 9.13 Å². The van der Waals surface area contributed by atoms with Crippen LogP contribution in [0.5, 0.6) is 0 Å². The molecule has 1 N–H and O–H groups in total. The van der Waals surface area contributed by atoms with E-state index in [4.69, 9.17) is 5.53 Å². The van der Waals surface area contributed by atoms with Gasteiger partial charge < -0.3 is 5.11 Å². The zero-order chi connectivity index (χ0) is 9.68. The summed E-state index contributed by atoms with van der Waals surface area (Å²) in [6.07, 6.45) is -0.705. The highest BCUT2D eigenvalue weighted by atomic mass is 127. The van der Waals surface area contributed by atoms with Crippen molar-refractivity contribution in [2.24, 2.45) is 5.11 Å².